The van der Waals surface area contributed by atoms with Crippen LogP contribution in [0.15, 0.2) is 158 Å². The Hall–Kier alpha value is -4.46. The maximum absolute atomic E-state index is 16.2. The van der Waals surface area contributed by atoms with Crippen molar-refractivity contribution in [1.82, 2.24) is 4.98 Å². The standard InChI is InChI=1S/C41H36NO6P/c1-39(2)45-36-37(46-39)41(33-22-11-5-12-23-33,34-24-13-6-14-25-34)48-49(44,38(43)30-27-29-17-15-16-26-35(29)42-28-30)47-40(36,31-18-7-3-8-19-31)32-20-9-4-10-21-32/h3-28,36-38,43H,1-2H3/t36-,37-,38-/m1/s1. The zero-order valence-corrected chi connectivity index (χ0v) is 28.0. The number of aliphatic hydroxyl groups excluding tert-OH is 1. The van der Waals surface area contributed by atoms with Crippen LogP contribution in [0.25, 0.3) is 10.9 Å². The lowest BCUT2D eigenvalue weighted by atomic mass is 9.72. The normalized spacial score (nSPS) is 22.5. The molecule has 6 aromatic rings. The fraction of sp³-hybridized carbons (Fsp3) is 0.195. The van der Waals surface area contributed by atoms with E-state index >= 15 is 4.57 Å². The Morgan fingerprint density at radius 3 is 1.43 bits per heavy atom. The number of para-hydroxylation sites is 1. The van der Waals surface area contributed by atoms with E-state index in [4.69, 9.17) is 18.5 Å². The minimum Gasteiger partial charge on any atom is -0.376 e. The minimum absolute atomic E-state index is 0.293. The average Bonchev–Trinajstić information content (AvgIpc) is 3.45. The van der Waals surface area contributed by atoms with Gasteiger partial charge in [0.2, 0.25) is 0 Å². The Labute approximate surface area is 285 Å². The van der Waals surface area contributed by atoms with Gasteiger partial charge in [-0.3, -0.25) is 18.6 Å². The molecule has 0 saturated carbocycles. The van der Waals surface area contributed by atoms with Gasteiger partial charge in [-0.15, -0.1) is 0 Å². The highest BCUT2D eigenvalue weighted by molar-refractivity contribution is 7.54. The minimum atomic E-state index is -4.69. The Balaban J connectivity index is 1.48. The van der Waals surface area contributed by atoms with Crippen LogP contribution in [0.3, 0.4) is 0 Å². The predicted molar refractivity (Wildman–Crippen MR) is 188 cm³/mol. The van der Waals surface area contributed by atoms with E-state index in [1.807, 2.05) is 159 Å². The van der Waals surface area contributed by atoms with Gasteiger partial charge < -0.3 is 14.6 Å². The second kappa shape index (κ2) is 12.1. The summed E-state index contributed by atoms with van der Waals surface area (Å²) in [6.07, 6.45) is -0.323. The zero-order valence-electron chi connectivity index (χ0n) is 27.1. The van der Waals surface area contributed by atoms with Crippen molar-refractivity contribution in [3.05, 3.63) is 186 Å². The third kappa shape index (κ3) is 5.26. The molecule has 0 aliphatic carbocycles. The molecule has 5 aromatic carbocycles. The molecule has 246 valence electrons. The summed E-state index contributed by atoms with van der Waals surface area (Å²) in [5.74, 6) is -2.84. The van der Waals surface area contributed by atoms with Crippen molar-refractivity contribution in [2.75, 3.05) is 0 Å². The predicted octanol–water partition coefficient (Wildman–Crippen LogP) is 8.87. The first-order valence-corrected chi connectivity index (χ1v) is 18.0. The molecule has 3 heterocycles. The van der Waals surface area contributed by atoms with Gasteiger partial charge in [-0.1, -0.05) is 140 Å². The SMILES string of the molecule is CC1(C)O[C@@H]2[C@@H](O1)C(c1ccccc1)(c1ccccc1)OP(=O)([C@@H](O)c1cnc3ccccc3c1)OC2(c1ccccc1)c1ccccc1. The van der Waals surface area contributed by atoms with Gasteiger partial charge in [0.05, 0.1) is 5.52 Å². The first-order valence-electron chi connectivity index (χ1n) is 16.4. The molecule has 2 aliphatic heterocycles. The van der Waals surface area contributed by atoms with Crippen LogP contribution in [0, 0.1) is 0 Å². The third-order valence-corrected chi connectivity index (χ3v) is 11.4. The number of pyridine rings is 1. The second-order valence-electron chi connectivity index (χ2n) is 13.0. The Bertz CT molecular complexity index is 1940. The molecule has 2 fully saturated rings. The summed E-state index contributed by atoms with van der Waals surface area (Å²) in [5.41, 5.74) is 0.554. The van der Waals surface area contributed by atoms with E-state index in [9.17, 15) is 5.11 Å². The van der Waals surface area contributed by atoms with Gasteiger partial charge in [-0.25, -0.2) is 0 Å². The molecule has 0 unspecified atom stereocenters. The molecule has 1 aromatic heterocycles. The second-order valence-corrected chi connectivity index (χ2v) is 14.9. The van der Waals surface area contributed by atoms with Gasteiger partial charge in [-0.2, -0.15) is 0 Å². The highest BCUT2D eigenvalue weighted by Crippen LogP contribution is 2.72. The first-order chi connectivity index (χ1) is 23.8. The number of hydrogen-bond donors (Lipinski definition) is 1. The van der Waals surface area contributed by atoms with Gasteiger partial charge in [0, 0.05) is 17.1 Å². The van der Waals surface area contributed by atoms with Crippen LogP contribution >= 0.6 is 7.60 Å². The van der Waals surface area contributed by atoms with Crippen LogP contribution < -0.4 is 0 Å². The number of hydrogen-bond acceptors (Lipinski definition) is 7. The van der Waals surface area contributed by atoms with Crippen molar-refractivity contribution in [1.29, 1.82) is 0 Å². The quantitative estimate of drug-likeness (QED) is 0.177. The molecule has 0 radical (unpaired) electrons. The molecule has 49 heavy (non-hydrogen) atoms. The van der Waals surface area contributed by atoms with Crippen molar-refractivity contribution >= 4 is 18.5 Å². The van der Waals surface area contributed by atoms with Crippen molar-refractivity contribution in [2.45, 2.75) is 48.9 Å². The van der Waals surface area contributed by atoms with E-state index in [-0.39, 0.29) is 0 Å². The van der Waals surface area contributed by atoms with E-state index < -0.39 is 42.6 Å². The third-order valence-electron chi connectivity index (χ3n) is 9.46. The van der Waals surface area contributed by atoms with E-state index in [0.29, 0.717) is 27.8 Å². The van der Waals surface area contributed by atoms with E-state index in [0.717, 1.165) is 10.9 Å². The van der Waals surface area contributed by atoms with Gasteiger partial charge in [-0.05, 0) is 48.2 Å². The van der Waals surface area contributed by atoms with Crippen LogP contribution in [-0.4, -0.2) is 28.1 Å². The molecule has 8 rings (SSSR count). The molecule has 7 nitrogen and oxygen atoms in total. The Morgan fingerprint density at radius 2 is 1.00 bits per heavy atom. The molecular formula is C41H36NO6P. The fourth-order valence-electron chi connectivity index (χ4n) is 7.34. The smallest absolute Gasteiger partial charge is 0.366 e. The van der Waals surface area contributed by atoms with Crippen molar-refractivity contribution < 1.29 is 28.2 Å². The van der Waals surface area contributed by atoms with Crippen LogP contribution in [-0.2, 0) is 34.3 Å². The molecule has 2 saturated heterocycles. The summed E-state index contributed by atoms with van der Waals surface area (Å²) in [5, 5.41) is 13.3. The Morgan fingerprint density at radius 1 is 0.612 bits per heavy atom. The lowest BCUT2D eigenvalue weighted by molar-refractivity contribution is -0.176. The number of fused-ring (bicyclic) bond motifs is 2. The number of aliphatic hydroxyl groups is 1. The molecule has 2 aliphatic rings. The molecule has 1 N–H and O–H groups in total. The summed E-state index contributed by atoms with van der Waals surface area (Å²) < 4.78 is 44.4. The largest absolute Gasteiger partial charge is 0.376 e. The molecule has 0 amide bonds. The zero-order chi connectivity index (χ0) is 33.7. The van der Waals surface area contributed by atoms with E-state index in [1.54, 1.807) is 6.07 Å². The fourth-order valence-corrected chi connectivity index (χ4v) is 9.51. The summed E-state index contributed by atoms with van der Waals surface area (Å²) in [4.78, 5) is 4.59. The van der Waals surface area contributed by atoms with E-state index in [2.05, 4.69) is 4.98 Å². The van der Waals surface area contributed by atoms with Gasteiger partial charge >= 0.3 is 7.60 Å². The summed E-state index contributed by atoms with van der Waals surface area (Å²) in [7, 11) is -4.69. The lowest BCUT2D eigenvalue weighted by Crippen LogP contribution is -2.53. The van der Waals surface area contributed by atoms with Gasteiger partial charge in [0.1, 0.15) is 12.2 Å². The molecule has 0 bridgehead atoms. The van der Waals surface area contributed by atoms with E-state index in [1.165, 1.54) is 6.20 Å². The molecular weight excluding hydrogens is 633 g/mol. The Kier molecular flexibility index (Phi) is 7.88. The summed E-state index contributed by atoms with van der Waals surface area (Å²) in [6, 6.07) is 47.6. The number of ether oxygens (including phenoxy) is 2. The number of benzene rings is 5. The molecule has 8 heteroatoms. The lowest BCUT2D eigenvalue weighted by Gasteiger charge is -2.41. The maximum atomic E-state index is 16.2. The van der Waals surface area contributed by atoms with Gasteiger partial charge in [0.25, 0.3) is 0 Å². The first kappa shape index (κ1) is 31.8. The highest BCUT2D eigenvalue weighted by Gasteiger charge is 2.69. The number of nitrogens with zero attached hydrogens (tertiary/aromatic N) is 1. The maximum Gasteiger partial charge on any atom is 0.366 e. The van der Waals surface area contributed by atoms with Crippen LogP contribution in [0.5, 0.6) is 0 Å². The van der Waals surface area contributed by atoms with Crippen molar-refractivity contribution in [2.24, 2.45) is 0 Å². The van der Waals surface area contributed by atoms with Gasteiger partial charge in [0.15, 0.2) is 22.8 Å². The topological polar surface area (TPSA) is 87.1 Å². The molecule has 0 spiro atoms. The highest BCUT2D eigenvalue weighted by atomic mass is 31.2. The monoisotopic (exact) mass is 669 g/mol. The van der Waals surface area contributed by atoms with Crippen LogP contribution in [0.2, 0.25) is 0 Å². The number of rotatable bonds is 6. The van der Waals surface area contributed by atoms with Crippen molar-refractivity contribution in [3.8, 4) is 0 Å². The number of aromatic nitrogens is 1. The summed E-state index contributed by atoms with van der Waals surface area (Å²) >= 11 is 0. The summed E-state index contributed by atoms with van der Waals surface area (Å²) in [6.45, 7) is 3.72. The molecule has 3 atom stereocenters. The van der Waals surface area contributed by atoms with Crippen LogP contribution in [0.1, 0.15) is 47.5 Å². The van der Waals surface area contributed by atoms with Crippen LogP contribution in [0.4, 0.5) is 0 Å². The van der Waals surface area contributed by atoms with Crippen molar-refractivity contribution in [3.63, 3.8) is 0 Å². The average molecular weight is 670 g/mol.